The third-order valence-corrected chi connectivity index (χ3v) is 4.64. The van der Waals surface area contributed by atoms with Gasteiger partial charge in [0.15, 0.2) is 0 Å². The van der Waals surface area contributed by atoms with E-state index in [-0.39, 0.29) is 11.7 Å². The van der Waals surface area contributed by atoms with Crippen LogP contribution in [0.2, 0.25) is 0 Å². The van der Waals surface area contributed by atoms with Gasteiger partial charge in [-0.1, -0.05) is 6.07 Å². The van der Waals surface area contributed by atoms with Gasteiger partial charge in [0.1, 0.15) is 5.82 Å². The van der Waals surface area contributed by atoms with E-state index in [4.69, 9.17) is 0 Å². The highest BCUT2D eigenvalue weighted by atomic mass is 19.1. The van der Waals surface area contributed by atoms with Crippen LogP contribution < -0.4 is 5.32 Å². The molecular weight excluding hydrogens is 341 g/mol. The Morgan fingerprint density at radius 2 is 1.78 bits per heavy atom. The third-order valence-electron chi connectivity index (χ3n) is 4.64. The highest BCUT2D eigenvalue weighted by molar-refractivity contribution is 5.95. The molecule has 1 N–H and O–H groups in total. The van der Waals surface area contributed by atoms with E-state index in [0.717, 1.165) is 33.5 Å². The van der Waals surface area contributed by atoms with Gasteiger partial charge in [0, 0.05) is 24.4 Å². The van der Waals surface area contributed by atoms with Crippen LogP contribution in [-0.2, 0) is 0 Å². The highest BCUT2D eigenvalue weighted by Gasteiger charge is 2.10. The fourth-order valence-corrected chi connectivity index (χ4v) is 3.14. The molecule has 4 aromatic rings. The van der Waals surface area contributed by atoms with Crippen LogP contribution in [0.3, 0.4) is 0 Å². The van der Waals surface area contributed by atoms with Crippen LogP contribution >= 0.6 is 0 Å². The van der Waals surface area contributed by atoms with E-state index in [1.54, 1.807) is 23.7 Å². The Balaban J connectivity index is 1.78. The molecule has 0 atom stereocenters. The van der Waals surface area contributed by atoms with Crippen molar-refractivity contribution in [1.29, 1.82) is 0 Å². The number of benzene rings is 2. The van der Waals surface area contributed by atoms with Crippen LogP contribution in [0.4, 0.5) is 4.39 Å². The van der Waals surface area contributed by atoms with Crippen LogP contribution in [0.5, 0.6) is 0 Å². The van der Waals surface area contributed by atoms with Crippen molar-refractivity contribution >= 4 is 11.4 Å². The smallest absolute Gasteiger partial charge is 0.251 e. The van der Waals surface area contributed by atoms with Gasteiger partial charge in [-0.2, -0.15) is 5.10 Å². The van der Waals surface area contributed by atoms with Gasteiger partial charge < -0.3 is 5.32 Å². The van der Waals surface area contributed by atoms with Gasteiger partial charge in [0.25, 0.3) is 5.91 Å². The van der Waals surface area contributed by atoms with E-state index in [1.807, 2.05) is 49.5 Å². The topological polar surface area (TPSA) is 46.4 Å². The van der Waals surface area contributed by atoms with E-state index in [1.165, 1.54) is 12.1 Å². The zero-order chi connectivity index (χ0) is 19.0. The van der Waals surface area contributed by atoms with Gasteiger partial charge in [-0.3, -0.25) is 4.79 Å². The number of fused-ring (bicyclic) bond motifs is 1. The van der Waals surface area contributed by atoms with Crippen molar-refractivity contribution in [2.45, 2.75) is 6.92 Å². The molecule has 0 aliphatic heterocycles. The molecule has 27 heavy (non-hydrogen) atoms. The summed E-state index contributed by atoms with van der Waals surface area (Å²) in [5.41, 5.74) is 6.29. The van der Waals surface area contributed by atoms with Crippen LogP contribution in [0.25, 0.3) is 27.9 Å². The van der Waals surface area contributed by atoms with Crippen molar-refractivity contribution in [3.05, 3.63) is 83.8 Å². The quantitative estimate of drug-likeness (QED) is 0.586. The number of aromatic nitrogens is 2. The number of aryl methyl sites for hydroxylation is 1. The molecule has 0 spiro atoms. The van der Waals surface area contributed by atoms with E-state index < -0.39 is 0 Å². The average Bonchev–Trinajstić information content (AvgIpc) is 3.11. The molecule has 0 fully saturated rings. The minimum absolute atomic E-state index is 0.111. The Labute approximate surface area is 156 Å². The monoisotopic (exact) mass is 359 g/mol. The zero-order valence-corrected chi connectivity index (χ0v) is 15.0. The number of amides is 1. The standard InChI is InChI=1S/C22H18FN3O/c1-14-3-4-17(22(27)24-2)12-20(14)16-9-10-26-19(11-16)13-21(25-26)15-5-7-18(23)8-6-15/h3-13H,1-2H3,(H,24,27). The van der Waals surface area contributed by atoms with Gasteiger partial charge in [0.05, 0.1) is 11.2 Å². The Morgan fingerprint density at radius 1 is 1.00 bits per heavy atom. The van der Waals surface area contributed by atoms with Crippen LogP contribution in [0, 0.1) is 12.7 Å². The molecule has 4 nitrogen and oxygen atoms in total. The molecule has 2 aromatic carbocycles. The van der Waals surface area contributed by atoms with E-state index >= 15 is 0 Å². The minimum Gasteiger partial charge on any atom is -0.355 e. The molecule has 0 aliphatic carbocycles. The maximum Gasteiger partial charge on any atom is 0.251 e. The molecule has 0 aliphatic rings. The van der Waals surface area contributed by atoms with Gasteiger partial charge >= 0.3 is 0 Å². The SMILES string of the molecule is CNC(=O)c1ccc(C)c(-c2ccn3nc(-c4ccc(F)cc4)cc3c2)c1. The van der Waals surface area contributed by atoms with Gasteiger partial charge in [-0.25, -0.2) is 8.91 Å². The van der Waals surface area contributed by atoms with E-state index in [9.17, 15) is 9.18 Å². The number of nitrogens with zero attached hydrogens (tertiary/aromatic N) is 2. The Morgan fingerprint density at radius 3 is 2.52 bits per heavy atom. The summed E-state index contributed by atoms with van der Waals surface area (Å²) >= 11 is 0. The number of halogens is 1. The maximum absolute atomic E-state index is 13.1. The first kappa shape index (κ1) is 17.0. The van der Waals surface area contributed by atoms with Crippen LogP contribution in [0.15, 0.2) is 66.9 Å². The maximum atomic E-state index is 13.1. The lowest BCUT2D eigenvalue weighted by molar-refractivity contribution is 0.0963. The Hall–Kier alpha value is -3.47. The number of carbonyl (C=O) groups excluding carboxylic acids is 1. The van der Waals surface area contributed by atoms with Crippen molar-refractivity contribution in [3.63, 3.8) is 0 Å². The fourth-order valence-electron chi connectivity index (χ4n) is 3.14. The number of rotatable bonds is 3. The highest BCUT2D eigenvalue weighted by Crippen LogP contribution is 2.27. The third kappa shape index (κ3) is 3.19. The van der Waals surface area contributed by atoms with Crippen molar-refractivity contribution in [1.82, 2.24) is 14.9 Å². The van der Waals surface area contributed by atoms with Crippen LogP contribution in [-0.4, -0.2) is 22.6 Å². The summed E-state index contributed by atoms with van der Waals surface area (Å²) in [7, 11) is 1.62. The summed E-state index contributed by atoms with van der Waals surface area (Å²) in [5.74, 6) is -0.378. The zero-order valence-electron chi connectivity index (χ0n) is 15.0. The first-order valence-electron chi connectivity index (χ1n) is 8.63. The summed E-state index contributed by atoms with van der Waals surface area (Å²) in [4.78, 5) is 12.0. The van der Waals surface area contributed by atoms with Crippen molar-refractivity contribution < 1.29 is 9.18 Å². The first-order chi connectivity index (χ1) is 13.0. The predicted octanol–water partition coefficient (Wildman–Crippen LogP) is 4.48. The lowest BCUT2D eigenvalue weighted by atomic mass is 9.98. The lowest BCUT2D eigenvalue weighted by Crippen LogP contribution is -2.17. The van der Waals surface area contributed by atoms with Crippen molar-refractivity contribution in [2.24, 2.45) is 0 Å². The Kier molecular flexibility index (Phi) is 4.20. The number of nitrogens with one attached hydrogen (secondary N) is 1. The molecular formula is C22H18FN3O. The second-order valence-electron chi connectivity index (χ2n) is 6.43. The largest absolute Gasteiger partial charge is 0.355 e. The summed E-state index contributed by atoms with van der Waals surface area (Å²) < 4.78 is 14.9. The fraction of sp³-hybridized carbons (Fsp3) is 0.0909. The summed E-state index contributed by atoms with van der Waals surface area (Å²) in [6, 6.07) is 17.9. The Bertz CT molecular complexity index is 1150. The normalized spacial score (nSPS) is 10.9. The minimum atomic E-state index is -0.267. The number of pyridine rings is 1. The van der Waals surface area contributed by atoms with Crippen LogP contribution in [0.1, 0.15) is 15.9 Å². The second kappa shape index (κ2) is 6.68. The van der Waals surface area contributed by atoms with Gasteiger partial charge in [0.2, 0.25) is 0 Å². The van der Waals surface area contributed by atoms with Crippen molar-refractivity contribution in [3.8, 4) is 22.4 Å². The van der Waals surface area contributed by atoms with Gasteiger partial charge in [-0.05, 0) is 78.2 Å². The molecule has 2 aromatic heterocycles. The summed E-state index contributed by atoms with van der Waals surface area (Å²) in [6.07, 6.45) is 1.89. The lowest BCUT2D eigenvalue weighted by Gasteiger charge is -2.09. The molecule has 0 unspecified atom stereocenters. The molecule has 2 heterocycles. The summed E-state index contributed by atoms with van der Waals surface area (Å²) in [5, 5.41) is 7.21. The van der Waals surface area contributed by atoms with Crippen molar-refractivity contribution in [2.75, 3.05) is 7.05 Å². The average molecular weight is 359 g/mol. The first-order valence-corrected chi connectivity index (χ1v) is 8.63. The number of hydrogen-bond acceptors (Lipinski definition) is 2. The number of carbonyl (C=O) groups is 1. The molecule has 0 radical (unpaired) electrons. The second-order valence-corrected chi connectivity index (χ2v) is 6.43. The van der Waals surface area contributed by atoms with E-state index in [2.05, 4.69) is 10.4 Å². The van der Waals surface area contributed by atoms with Gasteiger partial charge in [-0.15, -0.1) is 0 Å². The molecule has 0 saturated heterocycles. The van der Waals surface area contributed by atoms with E-state index in [0.29, 0.717) is 5.56 Å². The molecule has 0 saturated carbocycles. The molecule has 134 valence electrons. The number of hydrogen-bond donors (Lipinski definition) is 1. The predicted molar refractivity (Wildman–Crippen MR) is 104 cm³/mol. The molecule has 5 heteroatoms. The molecule has 1 amide bonds. The molecule has 0 bridgehead atoms. The molecule has 4 rings (SSSR count). The summed E-state index contributed by atoms with van der Waals surface area (Å²) in [6.45, 7) is 2.02.